The third kappa shape index (κ3) is 5.32. The minimum absolute atomic E-state index is 0.0143. The molecule has 1 aliphatic rings. The lowest BCUT2D eigenvalue weighted by atomic mass is 10.0. The Labute approximate surface area is 167 Å². The van der Waals surface area contributed by atoms with E-state index in [0.29, 0.717) is 25.1 Å². The van der Waals surface area contributed by atoms with Gasteiger partial charge < -0.3 is 15.3 Å². The van der Waals surface area contributed by atoms with Gasteiger partial charge in [0.1, 0.15) is 5.75 Å². The molecule has 6 heteroatoms. The molecule has 0 atom stereocenters. The molecule has 1 aliphatic heterocycles. The number of piperidine rings is 1. The number of carbonyl (C=O) groups is 2. The molecule has 1 heterocycles. The fourth-order valence-electron chi connectivity index (χ4n) is 3.28. The van der Waals surface area contributed by atoms with E-state index >= 15 is 0 Å². The molecule has 27 heavy (non-hydrogen) atoms. The van der Waals surface area contributed by atoms with E-state index in [1.165, 1.54) is 6.07 Å². The van der Waals surface area contributed by atoms with Crippen LogP contribution in [0.5, 0.6) is 5.75 Å². The first-order valence-corrected chi connectivity index (χ1v) is 9.93. The molecule has 0 bridgehead atoms. The summed E-state index contributed by atoms with van der Waals surface area (Å²) in [5.74, 6) is -0.143. The Kier molecular flexibility index (Phi) is 6.50. The van der Waals surface area contributed by atoms with Crippen molar-refractivity contribution in [3.8, 4) is 5.75 Å². The van der Waals surface area contributed by atoms with Gasteiger partial charge in [0, 0.05) is 30.0 Å². The minimum atomic E-state index is -0.178. The summed E-state index contributed by atoms with van der Waals surface area (Å²) in [4.78, 5) is 26.5. The Morgan fingerprint density at radius 3 is 2.52 bits per heavy atom. The average molecular weight is 431 g/mol. The largest absolute Gasteiger partial charge is 0.507 e. The summed E-state index contributed by atoms with van der Waals surface area (Å²) in [6, 6.07) is 14.9. The number of phenolic OH excluding ortho intramolecular Hbond substituents is 1. The zero-order valence-electron chi connectivity index (χ0n) is 15.0. The van der Waals surface area contributed by atoms with Gasteiger partial charge in [-0.2, -0.15) is 0 Å². The van der Waals surface area contributed by atoms with Crippen LogP contribution in [0.1, 0.15) is 35.2 Å². The van der Waals surface area contributed by atoms with Crippen LogP contribution in [0.4, 0.5) is 0 Å². The fraction of sp³-hybridized carbons (Fsp3) is 0.333. The van der Waals surface area contributed by atoms with Gasteiger partial charge in [0.05, 0.1) is 5.56 Å². The van der Waals surface area contributed by atoms with Crippen LogP contribution >= 0.6 is 15.9 Å². The second-order valence-electron chi connectivity index (χ2n) is 6.78. The smallest absolute Gasteiger partial charge is 0.257 e. The highest BCUT2D eigenvalue weighted by atomic mass is 79.9. The standard InChI is InChI=1S/C21H23BrN2O3/c22-16-7-8-19(25)18(14-16)21(27)24-12-10-17(11-13-24)23-20(26)9-6-15-4-2-1-3-5-15/h1-5,7-8,14,17,25H,6,9-13H2,(H,23,26). The number of rotatable bonds is 5. The van der Waals surface area contributed by atoms with Gasteiger partial charge in [-0.1, -0.05) is 46.3 Å². The van der Waals surface area contributed by atoms with Crippen molar-refractivity contribution in [1.82, 2.24) is 10.2 Å². The van der Waals surface area contributed by atoms with Gasteiger partial charge in [0.2, 0.25) is 5.91 Å². The van der Waals surface area contributed by atoms with Gasteiger partial charge in [-0.3, -0.25) is 9.59 Å². The molecule has 0 aliphatic carbocycles. The first kappa shape index (κ1) is 19.4. The lowest BCUT2D eigenvalue weighted by Gasteiger charge is -2.32. The molecule has 5 nitrogen and oxygen atoms in total. The summed E-state index contributed by atoms with van der Waals surface area (Å²) in [6.07, 6.45) is 2.64. The van der Waals surface area contributed by atoms with E-state index in [9.17, 15) is 14.7 Å². The van der Waals surface area contributed by atoms with E-state index < -0.39 is 0 Å². The number of carbonyl (C=O) groups excluding carboxylic acids is 2. The zero-order valence-corrected chi connectivity index (χ0v) is 16.6. The number of halogens is 1. The van der Waals surface area contributed by atoms with Crippen LogP contribution in [0.15, 0.2) is 53.0 Å². The van der Waals surface area contributed by atoms with Crippen molar-refractivity contribution in [3.05, 3.63) is 64.1 Å². The first-order chi connectivity index (χ1) is 13.0. The van der Waals surface area contributed by atoms with Crippen molar-refractivity contribution >= 4 is 27.7 Å². The van der Waals surface area contributed by atoms with Gasteiger partial charge in [0.15, 0.2) is 0 Å². The molecule has 2 aromatic carbocycles. The molecule has 1 saturated heterocycles. The number of aromatic hydroxyl groups is 1. The summed E-state index contributed by atoms with van der Waals surface area (Å²) in [7, 11) is 0. The Morgan fingerprint density at radius 1 is 1.11 bits per heavy atom. The van der Waals surface area contributed by atoms with Gasteiger partial charge in [-0.25, -0.2) is 0 Å². The average Bonchev–Trinajstić information content (AvgIpc) is 2.69. The second kappa shape index (κ2) is 9.04. The van der Waals surface area contributed by atoms with Gasteiger partial charge >= 0.3 is 0 Å². The molecule has 3 rings (SSSR count). The number of amides is 2. The van der Waals surface area contributed by atoms with E-state index in [0.717, 1.165) is 29.3 Å². The first-order valence-electron chi connectivity index (χ1n) is 9.14. The quantitative estimate of drug-likeness (QED) is 0.762. The molecule has 0 radical (unpaired) electrons. The van der Waals surface area contributed by atoms with Crippen molar-refractivity contribution in [2.75, 3.05) is 13.1 Å². The highest BCUT2D eigenvalue weighted by Crippen LogP contribution is 2.24. The van der Waals surface area contributed by atoms with Crippen LogP contribution in [-0.4, -0.2) is 41.0 Å². The number of likely N-dealkylation sites (tertiary alicyclic amines) is 1. The van der Waals surface area contributed by atoms with Crippen molar-refractivity contribution < 1.29 is 14.7 Å². The molecular formula is C21H23BrN2O3. The minimum Gasteiger partial charge on any atom is -0.507 e. The topological polar surface area (TPSA) is 69.6 Å². The SMILES string of the molecule is O=C(CCc1ccccc1)NC1CCN(C(=O)c2cc(Br)ccc2O)CC1. The molecule has 142 valence electrons. The number of aryl methyl sites for hydroxylation is 1. The fourth-order valence-corrected chi connectivity index (χ4v) is 3.64. The Morgan fingerprint density at radius 2 is 1.81 bits per heavy atom. The summed E-state index contributed by atoms with van der Waals surface area (Å²) < 4.78 is 0.754. The van der Waals surface area contributed by atoms with Gasteiger partial charge in [-0.15, -0.1) is 0 Å². The monoisotopic (exact) mass is 430 g/mol. The number of phenols is 1. The van der Waals surface area contributed by atoms with E-state index in [4.69, 9.17) is 0 Å². The molecular weight excluding hydrogens is 408 g/mol. The summed E-state index contributed by atoms with van der Waals surface area (Å²) in [6.45, 7) is 1.13. The summed E-state index contributed by atoms with van der Waals surface area (Å²) in [5.41, 5.74) is 1.46. The van der Waals surface area contributed by atoms with Crippen LogP contribution in [0.2, 0.25) is 0 Å². The van der Waals surface area contributed by atoms with Crippen LogP contribution in [0, 0.1) is 0 Å². The summed E-state index contributed by atoms with van der Waals surface area (Å²) in [5, 5.41) is 13.0. The van der Waals surface area contributed by atoms with Crippen LogP contribution in [0.25, 0.3) is 0 Å². The Bertz CT molecular complexity index is 802. The van der Waals surface area contributed by atoms with E-state index in [-0.39, 0.29) is 23.6 Å². The number of hydrogen-bond donors (Lipinski definition) is 2. The molecule has 2 aromatic rings. The predicted octanol–water partition coefficient (Wildman–Crippen LogP) is 3.51. The number of hydrogen-bond acceptors (Lipinski definition) is 3. The van der Waals surface area contributed by atoms with Gasteiger partial charge in [-0.05, 0) is 43.0 Å². The van der Waals surface area contributed by atoms with Crippen molar-refractivity contribution in [3.63, 3.8) is 0 Å². The maximum Gasteiger partial charge on any atom is 0.257 e. The lowest BCUT2D eigenvalue weighted by Crippen LogP contribution is -2.46. The molecule has 1 fully saturated rings. The maximum atomic E-state index is 12.6. The van der Waals surface area contributed by atoms with Crippen molar-refractivity contribution in [1.29, 1.82) is 0 Å². The maximum absolute atomic E-state index is 12.6. The number of nitrogens with one attached hydrogen (secondary N) is 1. The molecule has 0 aromatic heterocycles. The molecule has 2 amide bonds. The third-order valence-corrected chi connectivity index (χ3v) is 5.31. The van der Waals surface area contributed by atoms with Crippen molar-refractivity contribution in [2.45, 2.75) is 31.7 Å². The molecule has 0 unspecified atom stereocenters. The predicted molar refractivity (Wildman–Crippen MR) is 108 cm³/mol. The zero-order chi connectivity index (χ0) is 19.2. The third-order valence-electron chi connectivity index (χ3n) is 4.82. The Hall–Kier alpha value is -2.34. The Balaban J connectivity index is 1.46. The normalized spacial score (nSPS) is 14.8. The van der Waals surface area contributed by atoms with Crippen LogP contribution in [-0.2, 0) is 11.2 Å². The van der Waals surface area contributed by atoms with Crippen LogP contribution < -0.4 is 5.32 Å². The van der Waals surface area contributed by atoms with Crippen LogP contribution in [0.3, 0.4) is 0 Å². The van der Waals surface area contributed by atoms with E-state index in [2.05, 4.69) is 21.2 Å². The molecule has 2 N–H and O–H groups in total. The van der Waals surface area contributed by atoms with E-state index in [1.54, 1.807) is 17.0 Å². The van der Waals surface area contributed by atoms with E-state index in [1.807, 2.05) is 30.3 Å². The highest BCUT2D eigenvalue weighted by Gasteiger charge is 2.26. The highest BCUT2D eigenvalue weighted by molar-refractivity contribution is 9.10. The molecule has 0 saturated carbocycles. The van der Waals surface area contributed by atoms with Crippen molar-refractivity contribution in [2.24, 2.45) is 0 Å². The summed E-state index contributed by atoms with van der Waals surface area (Å²) >= 11 is 3.33. The molecule has 0 spiro atoms. The second-order valence-corrected chi connectivity index (χ2v) is 7.70. The number of nitrogens with zero attached hydrogens (tertiary/aromatic N) is 1. The van der Waals surface area contributed by atoms with Gasteiger partial charge in [0.25, 0.3) is 5.91 Å². The lowest BCUT2D eigenvalue weighted by molar-refractivity contribution is -0.122. The number of benzene rings is 2.